The maximum absolute atomic E-state index is 12.7. The topological polar surface area (TPSA) is 84.9 Å². The van der Waals surface area contributed by atoms with Crippen LogP contribution in [0.1, 0.15) is 43.5 Å². The van der Waals surface area contributed by atoms with Crippen LogP contribution < -0.4 is 15.0 Å². The first-order valence-corrected chi connectivity index (χ1v) is 10.6. The van der Waals surface area contributed by atoms with E-state index in [0.717, 1.165) is 24.3 Å². The second-order valence-electron chi connectivity index (χ2n) is 7.39. The number of nitrogens with one attached hydrogen (secondary N) is 1. The van der Waals surface area contributed by atoms with Gasteiger partial charge < -0.3 is 19.7 Å². The molecule has 1 N–H and O–H groups in total. The number of carbonyl (C=O) groups excluding carboxylic acids is 3. The maximum Gasteiger partial charge on any atom is 0.338 e. The molecule has 0 bridgehead atoms. The van der Waals surface area contributed by atoms with Crippen LogP contribution >= 0.6 is 0 Å². The lowest BCUT2D eigenvalue weighted by Crippen LogP contribution is -2.28. The number of ether oxygens (including phenoxy) is 2. The van der Waals surface area contributed by atoms with Crippen molar-refractivity contribution >= 4 is 29.2 Å². The van der Waals surface area contributed by atoms with Gasteiger partial charge in [0.2, 0.25) is 11.8 Å². The normalized spacial score (nSPS) is 15.6. The monoisotopic (exact) mass is 424 g/mol. The Balaban J connectivity index is 1.56. The minimum absolute atomic E-state index is 0.0884. The molecule has 2 aromatic carbocycles. The Morgan fingerprint density at radius 1 is 1.06 bits per heavy atom. The number of unbranched alkanes of at least 4 members (excludes halogenated alkanes) is 1. The van der Waals surface area contributed by atoms with Crippen LogP contribution in [0.3, 0.4) is 0 Å². The molecule has 0 radical (unpaired) electrons. The number of benzene rings is 2. The van der Waals surface area contributed by atoms with E-state index in [1.54, 1.807) is 29.2 Å². The molecule has 0 aliphatic carbocycles. The number of hydrogen-bond donors (Lipinski definition) is 1. The van der Waals surface area contributed by atoms with Gasteiger partial charge in [0.25, 0.3) is 0 Å². The van der Waals surface area contributed by atoms with Crippen LogP contribution in [0.4, 0.5) is 11.4 Å². The van der Waals surface area contributed by atoms with E-state index < -0.39 is 5.92 Å². The summed E-state index contributed by atoms with van der Waals surface area (Å²) in [4.78, 5) is 38.7. The Hall–Kier alpha value is -3.35. The predicted molar refractivity (Wildman–Crippen MR) is 118 cm³/mol. The van der Waals surface area contributed by atoms with Gasteiger partial charge in [0.1, 0.15) is 5.75 Å². The van der Waals surface area contributed by atoms with Crippen LogP contribution in [0.5, 0.6) is 5.75 Å². The van der Waals surface area contributed by atoms with Gasteiger partial charge in [-0.3, -0.25) is 9.59 Å². The first kappa shape index (κ1) is 22.3. The lowest BCUT2D eigenvalue weighted by molar-refractivity contribution is -0.122. The quantitative estimate of drug-likeness (QED) is 0.485. The molecule has 0 aromatic heterocycles. The Morgan fingerprint density at radius 3 is 2.42 bits per heavy atom. The highest BCUT2D eigenvalue weighted by Gasteiger charge is 2.35. The Bertz CT molecular complexity index is 909. The molecule has 0 unspecified atom stereocenters. The summed E-state index contributed by atoms with van der Waals surface area (Å²) in [6, 6.07) is 13.8. The molecule has 1 atom stereocenters. The smallest absolute Gasteiger partial charge is 0.338 e. The minimum atomic E-state index is -0.447. The second-order valence-corrected chi connectivity index (χ2v) is 7.39. The zero-order chi connectivity index (χ0) is 22.2. The van der Waals surface area contributed by atoms with Crippen LogP contribution in [0.25, 0.3) is 0 Å². The van der Waals surface area contributed by atoms with Crippen molar-refractivity contribution < 1.29 is 23.9 Å². The highest BCUT2D eigenvalue weighted by Crippen LogP contribution is 2.27. The summed E-state index contributed by atoms with van der Waals surface area (Å²) in [5.41, 5.74) is 1.75. The third-order valence-electron chi connectivity index (χ3n) is 5.07. The van der Waals surface area contributed by atoms with Crippen LogP contribution in [-0.4, -0.2) is 37.5 Å². The zero-order valence-electron chi connectivity index (χ0n) is 17.9. The van der Waals surface area contributed by atoms with Gasteiger partial charge in [-0.2, -0.15) is 0 Å². The lowest BCUT2D eigenvalue weighted by Gasteiger charge is -2.17. The molecule has 7 heteroatoms. The van der Waals surface area contributed by atoms with Gasteiger partial charge >= 0.3 is 5.97 Å². The zero-order valence-corrected chi connectivity index (χ0v) is 17.9. The molecule has 1 aliphatic rings. The molecule has 1 aliphatic heterocycles. The molecule has 1 fully saturated rings. The molecule has 3 rings (SSSR count). The van der Waals surface area contributed by atoms with E-state index in [0.29, 0.717) is 31.0 Å². The summed E-state index contributed by atoms with van der Waals surface area (Å²) in [5.74, 6) is -0.393. The lowest BCUT2D eigenvalue weighted by atomic mass is 10.1. The number of rotatable bonds is 9. The molecule has 1 heterocycles. The van der Waals surface area contributed by atoms with Gasteiger partial charge in [-0.15, -0.1) is 0 Å². The number of nitrogens with zero attached hydrogens (tertiary/aromatic N) is 1. The van der Waals surface area contributed by atoms with Gasteiger partial charge in [0.05, 0.1) is 24.7 Å². The summed E-state index contributed by atoms with van der Waals surface area (Å²) < 4.78 is 10.6. The molecule has 31 heavy (non-hydrogen) atoms. The fraction of sp³-hybridized carbons (Fsp3) is 0.375. The van der Waals surface area contributed by atoms with Crippen LogP contribution in [0, 0.1) is 5.92 Å². The van der Waals surface area contributed by atoms with Gasteiger partial charge in [-0.05, 0) is 61.9 Å². The first-order chi connectivity index (χ1) is 15.0. The summed E-state index contributed by atoms with van der Waals surface area (Å²) in [5, 5.41) is 2.83. The average molecular weight is 424 g/mol. The third-order valence-corrected chi connectivity index (χ3v) is 5.07. The number of esters is 1. The van der Waals surface area contributed by atoms with Crippen molar-refractivity contribution in [1.29, 1.82) is 0 Å². The van der Waals surface area contributed by atoms with E-state index in [1.807, 2.05) is 38.1 Å². The van der Waals surface area contributed by atoms with Crippen molar-refractivity contribution in [2.75, 3.05) is 30.0 Å². The number of hydrogen-bond acceptors (Lipinski definition) is 5. The van der Waals surface area contributed by atoms with E-state index in [4.69, 9.17) is 9.47 Å². The van der Waals surface area contributed by atoms with Crippen molar-refractivity contribution in [3.05, 3.63) is 54.1 Å². The molecule has 0 saturated carbocycles. The Morgan fingerprint density at radius 2 is 1.77 bits per heavy atom. The van der Waals surface area contributed by atoms with Crippen molar-refractivity contribution in [2.24, 2.45) is 5.92 Å². The van der Waals surface area contributed by atoms with E-state index in [1.165, 1.54) is 0 Å². The predicted octanol–water partition coefficient (Wildman–Crippen LogP) is 4.03. The van der Waals surface area contributed by atoms with Gasteiger partial charge in [-0.25, -0.2) is 4.79 Å². The number of carbonyl (C=O) groups is 3. The first-order valence-electron chi connectivity index (χ1n) is 10.6. The molecule has 164 valence electrons. The maximum atomic E-state index is 12.7. The molecule has 7 nitrogen and oxygen atoms in total. The van der Waals surface area contributed by atoms with Crippen molar-refractivity contribution in [2.45, 2.75) is 33.1 Å². The molecule has 2 aromatic rings. The van der Waals surface area contributed by atoms with Crippen molar-refractivity contribution in [3.8, 4) is 5.75 Å². The molecular weight excluding hydrogens is 396 g/mol. The minimum Gasteiger partial charge on any atom is -0.494 e. The molecule has 2 amide bonds. The summed E-state index contributed by atoms with van der Waals surface area (Å²) in [6.07, 6.45) is 1.94. The standard InChI is InChI=1S/C24H28N2O5/c1-3-5-14-31-24(29)17-6-8-19(9-7-17)25-23(28)18-15-22(27)26(16-18)20-10-12-21(13-11-20)30-4-2/h6-13,18H,3-5,14-16H2,1-2H3,(H,25,28)/t18-/m0/s1. The molecule has 0 spiro atoms. The SMILES string of the molecule is CCCCOC(=O)c1ccc(NC(=O)[C@H]2CC(=O)N(c3ccc(OCC)cc3)C2)cc1. The Kier molecular flexibility index (Phi) is 7.65. The second kappa shape index (κ2) is 10.6. The molecule has 1 saturated heterocycles. The van der Waals surface area contributed by atoms with Crippen LogP contribution in [0.2, 0.25) is 0 Å². The van der Waals surface area contributed by atoms with Gasteiger partial charge in [0, 0.05) is 24.3 Å². The highest BCUT2D eigenvalue weighted by molar-refractivity contribution is 6.03. The van der Waals surface area contributed by atoms with Crippen molar-refractivity contribution in [3.63, 3.8) is 0 Å². The fourth-order valence-corrected chi connectivity index (χ4v) is 3.35. The molecular formula is C24H28N2O5. The Labute approximate surface area is 182 Å². The summed E-state index contributed by atoms with van der Waals surface area (Å²) >= 11 is 0. The fourth-order valence-electron chi connectivity index (χ4n) is 3.35. The number of amides is 2. The summed E-state index contributed by atoms with van der Waals surface area (Å²) in [6.45, 7) is 5.23. The van der Waals surface area contributed by atoms with Gasteiger partial charge in [-0.1, -0.05) is 13.3 Å². The summed E-state index contributed by atoms with van der Waals surface area (Å²) in [7, 11) is 0. The highest BCUT2D eigenvalue weighted by atomic mass is 16.5. The van der Waals surface area contributed by atoms with Gasteiger partial charge in [0.15, 0.2) is 0 Å². The third kappa shape index (κ3) is 5.84. The van der Waals surface area contributed by atoms with Crippen LogP contribution in [0.15, 0.2) is 48.5 Å². The number of anilines is 2. The average Bonchev–Trinajstić information content (AvgIpc) is 3.17. The van der Waals surface area contributed by atoms with Crippen molar-refractivity contribution in [1.82, 2.24) is 0 Å². The van der Waals surface area contributed by atoms with E-state index in [9.17, 15) is 14.4 Å². The van der Waals surface area contributed by atoms with Crippen LogP contribution in [-0.2, 0) is 14.3 Å². The van der Waals surface area contributed by atoms with E-state index >= 15 is 0 Å². The van der Waals surface area contributed by atoms with E-state index in [2.05, 4.69) is 5.32 Å². The van der Waals surface area contributed by atoms with E-state index in [-0.39, 0.29) is 24.2 Å². The largest absolute Gasteiger partial charge is 0.494 e.